The molecule has 1 atom stereocenters. The highest BCUT2D eigenvalue weighted by Crippen LogP contribution is 2.28. The minimum atomic E-state index is -0.239. The van der Waals surface area contributed by atoms with E-state index >= 15 is 0 Å². The average Bonchev–Trinajstić information content (AvgIpc) is 3.26. The maximum Gasteiger partial charge on any atom is 0.299 e. The third kappa shape index (κ3) is 2.45. The summed E-state index contributed by atoms with van der Waals surface area (Å²) in [5.74, 6) is 0.919. The molecule has 2 aromatic rings. The molecule has 6 nitrogen and oxygen atoms in total. The van der Waals surface area contributed by atoms with Crippen molar-refractivity contribution in [1.29, 1.82) is 0 Å². The maximum atomic E-state index is 12.5. The van der Waals surface area contributed by atoms with Gasteiger partial charge >= 0.3 is 0 Å². The van der Waals surface area contributed by atoms with E-state index in [1.807, 2.05) is 29.2 Å². The zero-order valence-corrected chi connectivity index (χ0v) is 12.8. The smallest absolute Gasteiger partial charge is 0.299 e. The van der Waals surface area contributed by atoms with Crippen molar-refractivity contribution in [2.24, 2.45) is 4.99 Å². The molecular weight excluding hydrogens is 300 g/mol. The molecule has 1 aromatic carbocycles. The number of aromatic nitrogens is 1. The molecule has 4 rings (SSSR count). The van der Waals surface area contributed by atoms with Crippen LogP contribution in [0.2, 0.25) is 0 Å². The Kier molecular flexibility index (Phi) is 3.49. The number of amidine groups is 1. The summed E-state index contributed by atoms with van der Waals surface area (Å²) in [4.78, 5) is 23.2. The minimum Gasteiger partial charge on any atom is -0.423 e. The lowest BCUT2D eigenvalue weighted by Gasteiger charge is -2.21. The number of aliphatic imine (C=N–C) groups is 1. The number of rotatable bonds is 2. The van der Waals surface area contributed by atoms with Gasteiger partial charge in [0.25, 0.3) is 6.01 Å². The fourth-order valence-corrected chi connectivity index (χ4v) is 3.58. The number of anilines is 1. The molecule has 1 fully saturated rings. The van der Waals surface area contributed by atoms with Crippen molar-refractivity contribution in [2.45, 2.75) is 18.9 Å². The number of thioether (sulfide) groups is 1. The molecule has 0 spiro atoms. The Labute approximate surface area is 132 Å². The Balaban J connectivity index is 1.56. The number of carbonyl (C=O) groups is 1. The number of nitrogens with zero attached hydrogens (tertiary/aromatic N) is 3. The number of fused-ring (bicyclic) bond motifs is 1. The van der Waals surface area contributed by atoms with Gasteiger partial charge in [-0.1, -0.05) is 23.9 Å². The summed E-state index contributed by atoms with van der Waals surface area (Å²) in [5.41, 5.74) is 1.57. The van der Waals surface area contributed by atoms with Gasteiger partial charge in [0.1, 0.15) is 11.6 Å². The van der Waals surface area contributed by atoms with Gasteiger partial charge in [-0.2, -0.15) is 4.98 Å². The van der Waals surface area contributed by atoms with Crippen LogP contribution in [0.1, 0.15) is 12.8 Å². The topological polar surface area (TPSA) is 70.7 Å². The molecule has 2 aliphatic heterocycles. The summed E-state index contributed by atoms with van der Waals surface area (Å²) in [5, 5.41) is 3.65. The minimum absolute atomic E-state index is 0.0205. The highest BCUT2D eigenvalue weighted by Gasteiger charge is 2.34. The number of benzene rings is 1. The molecule has 1 N–H and O–H groups in total. The monoisotopic (exact) mass is 316 g/mol. The second kappa shape index (κ2) is 5.64. The van der Waals surface area contributed by atoms with Crippen LogP contribution in [0, 0.1) is 0 Å². The zero-order chi connectivity index (χ0) is 14.9. The second-order valence-corrected chi connectivity index (χ2v) is 6.42. The van der Waals surface area contributed by atoms with Crippen LogP contribution in [0.25, 0.3) is 11.1 Å². The van der Waals surface area contributed by atoms with Gasteiger partial charge in [-0.15, -0.1) is 0 Å². The van der Waals surface area contributed by atoms with Crippen molar-refractivity contribution < 1.29 is 9.21 Å². The summed E-state index contributed by atoms with van der Waals surface area (Å²) in [6.45, 7) is 1.56. The molecule has 1 amide bonds. The molecule has 0 saturated carbocycles. The molecule has 7 heteroatoms. The summed E-state index contributed by atoms with van der Waals surface area (Å²) in [7, 11) is 0. The number of hydrogen-bond acceptors (Lipinski definition) is 6. The number of para-hydroxylation sites is 2. The molecule has 1 aromatic heterocycles. The molecular formula is C15H16N4O2S. The van der Waals surface area contributed by atoms with Crippen LogP contribution >= 0.6 is 11.8 Å². The van der Waals surface area contributed by atoms with Gasteiger partial charge in [0.2, 0.25) is 5.91 Å². The second-order valence-electron chi connectivity index (χ2n) is 5.34. The number of hydrogen-bond donors (Lipinski definition) is 1. The molecule has 0 radical (unpaired) electrons. The van der Waals surface area contributed by atoms with E-state index in [1.54, 1.807) is 11.8 Å². The molecule has 2 aliphatic rings. The number of nitrogens with one attached hydrogen (secondary N) is 1. The van der Waals surface area contributed by atoms with Crippen LogP contribution in [0.3, 0.4) is 0 Å². The molecule has 114 valence electrons. The summed E-state index contributed by atoms with van der Waals surface area (Å²) in [6.07, 6.45) is 1.76. The first-order valence-corrected chi connectivity index (χ1v) is 8.40. The van der Waals surface area contributed by atoms with Gasteiger partial charge < -0.3 is 14.6 Å². The van der Waals surface area contributed by atoms with E-state index in [0.717, 1.165) is 48.0 Å². The lowest BCUT2D eigenvalue weighted by molar-refractivity contribution is -0.120. The van der Waals surface area contributed by atoms with E-state index in [9.17, 15) is 4.79 Å². The van der Waals surface area contributed by atoms with Crippen molar-refractivity contribution in [3.8, 4) is 0 Å². The van der Waals surface area contributed by atoms with E-state index in [0.29, 0.717) is 6.01 Å². The summed E-state index contributed by atoms with van der Waals surface area (Å²) in [6, 6.07) is 7.94. The molecule has 0 aliphatic carbocycles. The molecule has 0 bridgehead atoms. The van der Waals surface area contributed by atoms with Crippen molar-refractivity contribution in [1.82, 2.24) is 10.3 Å². The van der Waals surface area contributed by atoms with Gasteiger partial charge in [0.15, 0.2) is 10.8 Å². The summed E-state index contributed by atoms with van der Waals surface area (Å²) < 4.78 is 5.80. The highest BCUT2D eigenvalue weighted by molar-refractivity contribution is 8.14. The van der Waals surface area contributed by atoms with Gasteiger partial charge in [-0.05, 0) is 25.0 Å². The third-order valence-corrected chi connectivity index (χ3v) is 4.79. The maximum absolute atomic E-state index is 12.5. The van der Waals surface area contributed by atoms with Crippen molar-refractivity contribution in [2.75, 3.05) is 23.7 Å². The van der Waals surface area contributed by atoms with Crippen molar-refractivity contribution in [3.63, 3.8) is 0 Å². The predicted molar refractivity (Wildman–Crippen MR) is 87.3 cm³/mol. The predicted octanol–water partition coefficient (Wildman–Crippen LogP) is 2.02. The Morgan fingerprint density at radius 2 is 2.32 bits per heavy atom. The Morgan fingerprint density at radius 1 is 1.41 bits per heavy atom. The SMILES string of the molecule is O=C(NC1=NCCS1)C1CCCN1c1nc2ccccc2o1. The van der Waals surface area contributed by atoms with Gasteiger partial charge in [-0.25, -0.2) is 0 Å². The summed E-state index contributed by atoms with van der Waals surface area (Å²) >= 11 is 1.59. The number of oxazole rings is 1. The van der Waals surface area contributed by atoms with Crippen LogP contribution in [0.15, 0.2) is 33.7 Å². The first kappa shape index (κ1) is 13.6. The molecule has 3 heterocycles. The number of carbonyl (C=O) groups excluding carboxylic acids is 1. The van der Waals surface area contributed by atoms with Gasteiger partial charge in [0.05, 0.1) is 6.54 Å². The van der Waals surface area contributed by atoms with E-state index < -0.39 is 0 Å². The zero-order valence-electron chi connectivity index (χ0n) is 12.0. The standard InChI is InChI=1S/C15H16N4O2S/c20-13(18-14-16-7-9-22-14)11-5-3-8-19(11)15-17-10-4-1-2-6-12(10)21-15/h1-2,4,6,11H,3,5,7-9H2,(H,16,18,20). The third-order valence-electron chi connectivity index (χ3n) is 3.90. The van der Waals surface area contributed by atoms with Crippen LogP contribution < -0.4 is 10.2 Å². The van der Waals surface area contributed by atoms with Gasteiger partial charge in [0, 0.05) is 12.3 Å². The highest BCUT2D eigenvalue weighted by atomic mass is 32.2. The normalized spacial score (nSPS) is 21.4. The van der Waals surface area contributed by atoms with Crippen LogP contribution in [-0.4, -0.2) is 40.9 Å². The van der Waals surface area contributed by atoms with E-state index in [-0.39, 0.29) is 11.9 Å². The van der Waals surface area contributed by atoms with Crippen molar-refractivity contribution in [3.05, 3.63) is 24.3 Å². The van der Waals surface area contributed by atoms with E-state index in [1.165, 1.54) is 0 Å². The lowest BCUT2D eigenvalue weighted by Crippen LogP contribution is -2.44. The molecule has 1 saturated heterocycles. The van der Waals surface area contributed by atoms with Crippen LogP contribution in [0.5, 0.6) is 0 Å². The fourth-order valence-electron chi connectivity index (χ4n) is 2.85. The molecule has 22 heavy (non-hydrogen) atoms. The van der Waals surface area contributed by atoms with Crippen molar-refractivity contribution >= 4 is 40.0 Å². The Morgan fingerprint density at radius 3 is 3.14 bits per heavy atom. The quantitative estimate of drug-likeness (QED) is 0.918. The first-order valence-electron chi connectivity index (χ1n) is 7.41. The van der Waals surface area contributed by atoms with E-state index in [2.05, 4.69) is 15.3 Å². The van der Waals surface area contributed by atoms with Crippen LogP contribution in [0.4, 0.5) is 6.01 Å². The number of amides is 1. The lowest BCUT2D eigenvalue weighted by atomic mass is 10.2. The van der Waals surface area contributed by atoms with Gasteiger partial charge in [-0.3, -0.25) is 9.79 Å². The van der Waals surface area contributed by atoms with Crippen LogP contribution in [-0.2, 0) is 4.79 Å². The fraction of sp³-hybridized carbons (Fsp3) is 0.400. The Bertz CT molecular complexity index is 709. The average molecular weight is 316 g/mol. The largest absolute Gasteiger partial charge is 0.423 e. The van der Waals surface area contributed by atoms with E-state index in [4.69, 9.17) is 4.42 Å². The first-order chi connectivity index (χ1) is 10.8. The molecule has 1 unspecified atom stereocenters. The Hall–Kier alpha value is -2.02.